The lowest BCUT2D eigenvalue weighted by molar-refractivity contribution is -0.119. The molecule has 1 saturated carbocycles. The highest BCUT2D eigenvalue weighted by Crippen LogP contribution is 2.19. The zero-order valence-electron chi connectivity index (χ0n) is 15.8. The Kier molecular flexibility index (Phi) is 9.64. The van der Waals surface area contributed by atoms with E-state index in [0.717, 1.165) is 12.3 Å². The summed E-state index contributed by atoms with van der Waals surface area (Å²) in [4.78, 5) is 16.2. The number of ether oxygens (including phenoxy) is 1. The van der Waals surface area contributed by atoms with Gasteiger partial charge in [0.2, 0.25) is 5.91 Å². The predicted octanol–water partition coefficient (Wildman–Crippen LogP) is 2.19. The van der Waals surface area contributed by atoms with Crippen LogP contribution in [0, 0.1) is 0 Å². The van der Waals surface area contributed by atoms with E-state index in [2.05, 4.69) is 20.9 Å². The number of guanidine groups is 1. The molecule has 0 radical (unpaired) electrons. The van der Waals surface area contributed by atoms with Crippen molar-refractivity contribution in [2.24, 2.45) is 4.99 Å². The van der Waals surface area contributed by atoms with Crippen molar-refractivity contribution in [3.05, 3.63) is 24.2 Å². The number of hydrogen-bond donors (Lipinski definition) is 3. The van der Waals surface area contributed by atoms with Crippen molar-refractivity contribution in [3.63, 3.8) is 0 Å². The molecule has 0 saturated heterocycles. The minimum Gasteiger partial charge on any atom is -0.467 e. The molecule has 1 aliphatic rings. The number of carbonyl (C=O) groups is 1. The summed E-state index contributed by atoms with van der Waals surface area (Å²) in [7, 11) is 0. The van der Waals surface area contributed by atoms with Gasteiger partial charge in [-0.05, 0) is 31.9 Å². The average molecular weight is 364 g/mol. The van der Waals surface area contributed by atoms with Crippen LogP contribution in [0.1, 0.15) is 51.2 Å². The Morgan fingerprint density at radius 2 is 2.04 bits per heavy atom. The molecular weight excluding hydrogens is 332 g/mol. The van der Waals surface area contributed by atoms with Crippen LogP contribution in [0.15, 0.2) is 27.8 Å². The van der Waals surface area contributed by atoms with E-state index in [4.69, 9.17) is 9.15 Å². The summed E-state index contributed by atoms with van der Waals surface area (Å²) in [6.45, 7) is 4.51. The Hall–Kier alpha value is -2.02. The maximum absolute atomic E-state index is 11.9. The van der Waals surface area contributed by atoms with Crippen LogP contribution in [0.3, 0.4) is 0 Å². The van der Waals surface area contributed by atoms with Gasteiger partial charge in [0, 0.05) is 13.1 Å². The smallest absolute Gasteiger partial charge is 0.242 e. The van der Waals surface area contributed by atoms with Gasteiger partial charge in [0.1, 0.15) is 12.3 Å². The topological polar surface area (TPSA) is 87.9 Å². The summed E-state index contributed by atoms with van der Waals surface area (Å²) < 4.78 is 11.1. The van der Waals surface area contributed by atoms with Crippen molar-refractivity contribution < 1.29 is 13.9 Å². The minimum absolute atomic E-state index is 0.0690. The summed E-state index contributed by atoms with van der Waals surface area (Å²) in [6.07, 6.45) is 9.53. The van der Waals surface area contributed by atoms with E-state index in [1.807, 2.05) is 13.0 Å². The standard InChI is InChI=1S/C19H32N4O3/c1-2-20-19(21-11-13-26-16-8-5-3-4-6-9-16)23-15-18(24)22-14-17-10-7-12-25-17/h7,10,12,16H,2-6,8-9,11,13-15H2,1H3,(H,22,24)(H2,20,21,23). The Morgan fingerprint density at radius 1 is 1.23 bits per heavy atom. The highest BCUT2D eigenvalue weighted by atomic mass is 16.5. The number of nitrogens with zero attached hydrogens (tertiary/aromatic N) is 1. The number of amides is 1. The molecule has 3 N–H and O–H groups in total. The number of furan rings is 1. The fraction of sp³-hybridized carbons (Fsp3) is 0.684. The van der Waals surface area contributed by atoms with E-state index >= 15 is 0 Å². The first kappa shape index (κ1) is 20.3. The van der Waals surface area contributed by atoms with E-state index in [9.17, 15) is 4.79 Å². The van der Waals surface area contributed by atoms with Crippen molar-refractivity contribution in [2.45, 2.75) is 58.1 Å². The van der Waals surface area contributed by atoms with Crippen molar-refractivity contribution in [3.8, 4) is 0 Å². The molecule has 1 aromatic heterocycles. The first-order chi connectivity index (χ1) is 12.8. The quantitative estimate of drug-likeness (QED) is 0.271. The SMILES string of the molecule is CCNC(=NCC(=O)NCc1ccco1)NCCOC1CCCCCC1. The van der Waals surface area contributed by atoms with E-state index in [0.29, 0.717) is 31.8 Å². The van der Waals surface area contributed by atoms with Crippen LogP contribution in [0.5, 0.6) is 0 Å². The summed E-state index contributed by atoms with van der Waals surface area (Å²) in [5, 5.41) is 9.14. The van der Waals surface area contributed by atoms with Gasteiger partial charge in [-0.25, -0.2) is 4.99 Å². The second-order valence-electron chi connectivity index (χ2n) is 6.46. The first-order valence-electron chi connectivity index (χ1n) is 9.70. The van der Waals surface area contributed by atoms with E-state index < -0.39 is 0 Å². The van der Waals surface area contributed by atoms with Gasteiger partial charge in [-0.1, -0.05) is 25.7 Å². The third-order valence-electron chi connectivity index (χ3n) is 4.32. The summed E-state index contributed by atoms with van der Waals surface area (Å²) in [5.41, 5.74) is 0. The fourth-order valence-electron chi connectivity index (χ4n) is 2.95. The maximum atomic E-state index is 11.9. The molecule has 1 fully saturated rings. The molecule has 1 heterocycles. The fourth-order valence-corrected chi connectivity index (χ4v) is 2.95. The second-order valence-corrected chi connectivity index (χ2v) is 6.46. The summed E-state index contributed by atoms with van der Waals surface area (Å²) in [5.74, 6) is 1.21. The Bertz CT molecular complexity index is 523. The molecular formula is C19H32N4O3. The minimum atomic E-state index is -0.145. The molecule has 0 aromatic carbocycles. The van der Waals surface area contributed by atoms with Gasteiger partial charge in [0.25, 0.3) is 0 Å². The predicted molar refractivity (Wildman–Crippen MR) is 102 cm³/mol. The van der Waals surface area contributed by atoms with Crippen LogP contribution in [0.25, 0.3) is 0 Å². The van der Waals surface area contributed by atoms with Crippen molar-refractivity contribution in [2.75, 3.05) is 26.2 Å². The largest absolute Gasteiger partial charge is 0.467 e. The highest BCUT2D eigenvalue weighted by Gasteiger charge is 2.12. The molecule has 1 amide bonds. The number of rotatable bonds is 9. The normalized spacial score (nSPS) is 16.1. The number of carbonyl (C=O) groups excluding carboxylic acids is 1. The van der Waals surface area contributed by atoms with Crippen molar-refractivity contribution >= 4 is 11.9 Å². The van der Waals surface area contributed by atoms with Crippen LogP contribution in [0.2, 0.25) is 0 Å². The number of nitrogens with one attached hydrogen (secondary N) is 3. The Labute approximate surface area is 156 Å². The number of hydrogen-bond acceptors (Lipinski definition) is 4. The van der Waals surface area contributed by atoms with Crippen LogP contribution in [-0.4, -0.2) is 44.2 Å². The van der Waals surface area contributed by atoms with Gasteiger partial charge in [-0.15, -0.1) is 0 Å². The van der Waals surface area contributed by atoms with Gasteiger partial charge >= 0.3 is 0 Å². The Morgan fingerprint density at radius 3 is 2.73 bits per heavy atom. The molecule has 1 aliphatic carbocycles. The Balaban J connectivity index is 1.64. The molecule has 0 bridgehead atoms. The van der Waals surface area contributed by atoms with Crippen LogP contribution >= 0.6 is 0 Å². The zero-order chi connectivity index (χ0) is 18.5. The zero-order valence-corrected chi connectivity index (χ0v) is 15.8. The summed E-state index contributed by atoms with van der Waals surface area (Å²) >= 11 is 0. The molecule has 0 spiro atoms. The van der Waals surface area contributed by atoms with Gasteiger partial charge in [0.05, 0.1) is 25.5 Å². The maximum Gasteiger partial charge on any atom is 0.242 e. The second kappa shape index (κ2) is 12.4. The average Bonchev–Trinajstić information content (AvgIpc) is 3.04. The molecule has 146 valence electrons. The van der Waals surface area contributed by atoms with Gasteiger partial charge < -0.3 is 25.1 Å². The molecule has 2 rings (SSSR count). The highest BCUT2D eigenvalue weighted by molar-refractivity contribution is 5.84. The first-order valence-corrected chi connectivity index (χ1v) is 9.70. The van der Waals surface area contributed by atoms with Crippen molar-refractivity contribution in [1.82, 2.24) is 16.0 Å². The molecule has 0 unspecified atom stereocenters. The van der Waals surface area contributed by atoms with Crippen molar-refractivity contribution in [1.29, 1.82) is 0 Å². The molecule has 7 heteroatoms. The lowest BCUT2D eigenvalue weighted by Crippen LogP contribution is -2.40. The van der Waals surface area contributed by atoms with Gasteiger partial charge in [-0.2, -0.15) is 0 Å². The third-order valence-corrected chi connectivity index (χ3v) is 4.32. The van der Waals surface area contributed by atoms with E-state index in [1.54, 1.807) is 12.3 Å². The lowest BCUT2D eigenvalue weighted by Gasteiger charge is -2.16. The third kappa shape index (κ3) is 8.38. The molecule has 0 atom stereocenters. The molecule has 7 nitrogen and oxygen atoms in total. The molecule has 0 aliphatic heterocycles. The van der Waals surface area contributed by atoms with Crippen LogP contribution < -0.4 is 16.0 Å². The molecule has 1 aromatic rings. The summed E-state index contributed by atoms with van der Waals surface area (Å²) in [6, 6.07) is 3.62. The lowest BCUT2D eigenvalue weighted by atomic mass is 10.1. The van der Waals surface area contributed by atoms with E-state index in [1.165, 1.54) is 38.5 Å². The molecule has 26 heavy (non-hydrogen) atoms. The van der Waals surface area contributed by atoms with Crippen LogP contribution in [-0.2, 0) is 16.1 Å². The van der Waals surface area contributed by atoms with Gasteiger partial charge in [-0.3, -0.25) is 4.79 Å². The number of aliphatic imine (C=N–C) groups is 1. The van der Waals surface area contributed by atoms with Gasteiger partial charge in [0.15, 0.2) is 5.96 Å². The monoisotopic (exact) mass is 364 g/mol. The van der Waals surface area contributed by atoms with E-state index in [-0.39, 0.29) is 12.5 Å². The van der Waals surface area contributed by atoms with Crippen LogP contribution in [0.4, 0.5) is 0 Å².